The molecule has 1 aliphatic carbocycles. The number of carbonyl (C=O) groups excluding carboxylic acids is 2. The van der Waals surface area contributed by atoms with Gasteiger partial charge in [0.05, 0.1) is 11.4 Å². The molecule has 1 fully saturated rings. The molecule has 0 radical (unpaired) electrons. The van der Waals surface area contributed by atoms with Crippen LogP contribution in [-0.2, 0) is 0 Å². The number of benzene rings is 1. The second kappa shape index (κ2) is 4.31. The number of aldehydes is 1. The minimum atomic E-state index is -0.471. The first-order chi connectivity index (χ1) is 9.20. The van der Waals surface area contributed by atoms with Crippen LogP contribution in [0.3, 0.4) is 0 Å². The van der Waals surface area contributed by atoms with Gasteiger partial charge >= 0.3 is 0 Å². The van der Waals surface area contributed by atoms with Gasteiger partial charge in [0.15, 0.2) is 6.29 Å². The number of hydrogen-bond donors (Lipinski definition) is 1. The number of carbonyl (C=O) groups is 2. The zero-order valence-electron chi connectivity index (χ0n) is 10.1. The average molecular weight is 256 g/mol. The van der Waals surface area contributed by atoms with E-state index in [0.29, 0.717) is 17.2 Å². The number of aromatic nitrogens is 3. The molecule has 3 rings (SSSR count). The fraction of sp³-hybridized carbons (Fsp3) is 0.231. The average Bonchev–Trinajstić information content (AvgIpc) is 3.17. The minimum Gasteiger partial charge on any atom is -0.366 e. The number of primary amides is 1. The Morgan fingerprint density at radius 2 is 2.00 bits per heavy atom. The highest BCUT2D eigenvalue weighted by Gasteiger charge is 2.31. The molecule has 1 aromatic heterocycles. The molecule has 1 aliphatic rings. The molecule has 96 valence electrons. The lowest BCUT2D eigenvalue weighted by Crippen LogP contribution is -2.11. The lowest BCUT2D eigenvalue weighted by atomic mass is 10.2. The molecule has 1 aromatic carbocycles. The maximum Gasteiger partial charge on any atom is 0.248 e. The van der Waals surface area contributed by atoms with Crippen molar-refractivity contribution < 1.29 is 9.59 Å². The van der Waals surface area contributed by atoms with E-state index in [1.54, 1.807) is 28.9 Å². The van der Waals surface area contributed by atoms with E-state index in [9.17, 15) is 9.59 Å². The molecule has 6 nitrogen and oxygen atoms in total. The lowest BCUT2D eigenvalue weighted by molar-refractivity contribution is 0.1000. The van der Waals surface area contributed by atoms with Gasteiger partial charge in [0.2, 0.25) is 5.91 Å². The third kappa shape index (κ3) is 2.01. The van der Waals surface area contributed by atoms with Crippen molar-refractivity contribution in [2.45, 2.75) is 18.8 Å². The Morgan fingerprint density at radius 3 is 2.53 bits per heavy atom. The van der Waals surface area contributed by atoms with Gasteiger partial charge in [0.25, 0.3) is 0 Å². The summed E-state index contributed by atoms with van der Waals surface area (Å²) in [6.45, 7) is 0. The summed E-state index contributed by atoms with van der Waals surface area (Å²) in [4.78, 5) is 22.0. The molecule has 0 atom stereocenters. The van der Waals surface area contributed by atoms with Crippen LogP contribution in [0, 0.1) is 0 Å². The van der Waals surface area contributed by atoms with Crippen molar-refractivity contribution in [1.82, 2.24) is 15.0 Å². The van der Waals surface area contributed by atoms with Crippen molar-refractivity contribution in [3.8, 4) is 5.69 Å². The molecule has 6 heteroatoms. The Morgan fingerprint density at radius 1 is 1.32 bits per heavy atom. The molecule has 1 saturated carbocycles. The minimum absolute atomic E-state index is 0.353. The highest BCUT2D eigenvalue weighted by Crippen LogP contribution is 2.41. The molecule has 2 aromatic rings. The Kier molecular flexibility index (Phi) is 2.63. The van der Waals surface area contributed by atoms with Crippen molar-refractivity contribution >= 4 is 12.2 Å². The largest absolute Gasteiger partial charge is 0.366 e. The van der Waals surface area contributed by atoms with Crippen molar-refractivity contribution in [2.24, 2.45) is 5.73 Å². The number of nitrogens with two attached hydrogens (primary N) is 1. The summed E-state index contributed by atoms with van der Waals surface area (Å²) in [5, 5.41) is 7.90. The van der Waals surface area contributed by atoms with E-state index in [-0.39, 0.29) is 0 Å². The van der Waals surface area contributed by atoms with Crippen LogP contribution in [0.25, 0.3) is 5.69 Å². The van der Waals surface area contributed by atoms with Crippen LogP contribution in [0.2, 0.25) is 0 Å². The highest BCUT2D eigenvalue weighted by atomic mass is 16.1. The van der Waals surface area contributed by atoms with Gasteiger partial charge in [-0.1, -0.05) is 5.21 Å². The van der Waals surface area contributed by atoms with Gasteiger partial charge in [-0.2, -0.15) is 0 Å². The first kappa shape index (κ1) is 11.6. The Bertz CT molecular complexity index is 641. The Balaban J connectivity index is 2.04. The van der Waals surface area contributed by atoms with Crippen LogP contribution < -0.4 is 5.73 Å². The molecule has 1 heterocycles. The van der Waals surface area contributed by atoms with Gasteiger partial charge in [-0.3, -0.25) is 9.59 Å². The molecular formula is C13H12N4O2. The van der Waals surface area contributed by atoms with Crippen LogP contribution in [-0.4, -0.2) is 27.2 Å². The molecule has 0 saturated heterocycles. The first-order valence-corrected chi connectivity index (χ1v) is 6.01. The maximum atomic E-state index is 11.0. The fourth-order valence-electron chi connectivity index (χ4n) is 2.08. The van der Waals surface area contributed by atoms with E-state index >= 15 is 0 Å². The van der Waals surface area contributed by atoms with Gasteiger partial charge < -0.3 is 5.73 Å². The normalized spacial score (nSPS) is 14.3. The monoisotopic (exact) mass is 256 g/mol. The lowest BCUT2D eigenvalue weighted by Gasteiger charge is -2.06. The van der Waals surface area contributed by atoms with Crippen molar-refractivity contribution in [1.29, 1.82) is 0 Å². The fourth-order valence-corrected chi connectivity index (χ4v) is 2.08. The van der Waals surface area contributed by atoms with Crippen LogP contribution in [0.15, 0.2) is 24.3 Å². The van der Waals surface area contributed by atoms with Crippen LogP contribution in [0.4, 0.5) is 0 Å². The van der Waals surface area contributed by atoms with Crippen molar-refractivity contribution in [3.05, 3.63) is 41.2 Å². The van der Waals surface area contributed by atoms with E-state index in [2.05, 4.69) is 10.3 Å². The third-order valence-electron chi connectivity index (χ3n) is 3.20. The van der Waals surface area contributed by atoms with E-state index in [4.69, 9.17) is 5.73 Å². The molecule has 0 spiro atoms. The molecule has 0 unspecified atom stereocenters. The molecule has 0 bridgehead atoms. The van der Waals surface area contributed by atoms with Gasteiger partial charge in [-0.25, -0.2) is 4.68 Å². The van der Waals surface area contributed by atoms with E-state index < -0.39 is 5.91 Å². The number of amides is 1. The summed E-state index contributed by atoms with van der Waals surface area (Å²) >= 11 is 0. The smallest absolute Gasteiger partial charge is 0.248 e. The Labute approximate surface area is 109 Å². The number of rotatable bonds is 4. The quantitative estimate of drug-likeness (QED) is 0.828. The van der Waals surface area contributed by atoms with E-state index in [1.165, 1.54) is 0 Å². The van der Waals surface area contributed by atoms with Gasteiger partial charge in [-0.05, 0) is 37.1 Å². The predicted molar refractivity (Wildman–Crippen MR) is 67.2 cm³/mol. The van der Waals surface area contributed by atoms with Crippen LogP contribution in [0.5, 0.6) is 0 Å². The number of nitrogens with zero attached hydrogens (tertiary/aromatic N) is 3. The van der Waals surface area contributed by atoms with Crippen LogP contribution >= 0.6 is 0 Å². The third-order valence-corrected chi connectivity index (χ3v) is 3.20. The Hall–Kier alpha value is -2.50. The summed E-state index contributed by atoms with van der Waals surface area (Å²) < 4.78 is 1.66. The van der Waals surface area contributed by atoms with E-state index in [0.717, 1.165) is 30.5 Å². The SMILES string of the molecule is NC(=O)c1ccc(-n2nnc(C=O)c2C2CC2)cc1. The zero-order valence-corrected chi connectivity index (χ0v) is 10.1. The topological polar surface area (TPSA) is 90.9 Å². The van der Waals surface area contributed by atoms with Crippen LogP contribution in [0.1, 0.15) is 45.3 Å². The van der Waals surface area contributed by atoms with E-state index in [1.807, 2.05) is 0 Å². The van der Waals surface area contributed by atoms with Crippen molar-refractivity contribution in [2.75, 3.05) is 0 Å². The predicted octanol–water partition coefficient (Wildman–Crippen LogP) is 1.06. The second-order valence-corrected chi connectivity index (χ2v) is 4.57. The molecule has 1 amide bonds. The highest BCUT2D eigenvalue weighted by molar-refractivity contribution is 5.92. The van der Waals surface area contributed by atoms with Gasteiger partial charge in [0.1, 0.15) is 5.69 Å². The summed E-state index contributed by atoms with van der Waals surface area (Å²) in [6, 6.07) is 6.76. The first-order valence-electron chi connectivity index (χ1n) is 6.01. The maximum absolute atomic E-state index is 11.0. The van der Waals surface area contributed by atoms with Crippen molar-refractivity contribution in [3.63, 3.8) is 0 Å². The molecule has 19 heavy (non-hydrogen) atoms. The molecule has 0 aliphatic heterocycles. The summed E-state index contributed by atoms with van der Waals surface area (Å²) in [5.41, 5.74) is 7.64. The summed E-state index contributed by atoms with van der Waals surface area (Å²) in [7, 11) is 0. The standard InChI is InChI=1S/C13H12N4O2/c14-13(19)9-3-5-10(6-4-9)17-12(8-1-2-8)11(7-18)15-16-17/h3-8H,1-2H2,(H2,14,19). The summed E-state index contributed by atoms with van der Waals surface area (Å²) in [5.74, 6) is -0.118. The summed E-state index contributed by atoms with van der Waals surface area (Å²) in [6.07, 6.45) is 2.83. The number of hydrogen-bond acceptors (Lipinski definition) is 4. The molecular weight excluding hydrogens is 244 g/mol. The second-order valence-electron chi connectivity index (χ2n) is 4.57. The zero-order chi connectivity index (χ0) is 13.4. The van der Waals surface area contributed by atoms with Gasteiger partial charge in [0, 0.05) is 11.5 Å². The molecule has 2 N–H and O–H groups in total. The van der Waals surface area contributed by atoms with Gasteiger partial charge in [-0.15, -0.1) is 5.10 Å².